The van der Waals surface area contributed by atoms with E-state index in [4.69, 9.17) is 4.74 Å². The lowest BCUT2D eigenvalue weighted by molar-refractivity contribution is -0.384. The zero-order valence-corrected chi connectivity index (χ0v) is 16.7. The van der Waals surface area contributed by atoms with Crippen molar-refractivity contribution in [3.63, 3.8) is 0 Å². The highest BCUT2D eigenvalue weighted by molar-refractivity contribution is 5.94. The first kappa shape index (κ1) is 20.1. The number of aromatic nitrogens is 2. The van der Waals surface area contributed by atoms with Gasteiger partial charge >= 0.3 is 0 Å². The van der Waals surface area contributed by atoms with E-state index >= 15 is 0 Å². The summed E-state index contributed by atoms with van der Waals surface area (Å²) < 4.78 is 7.47. The lowest BCUT2D eigenvalue weighted by Gasteiger charge is -2.15. The normalized spacial score (nSPS) is 11.7. The molecule has 0 radical (unpaired) electrons. The molecule has 1 aromatic heterocycles. The molecule has 1 N–H and O–H groups in total. The third-order valence-electron chi connectivity index (χ3n) is 4.56. The number of aryl methyl sites for hydroxylation is 3. The average molecular weight is 394 g/mol. The van der Waals surface area contributed by atoms with Crippen molar-refractivity contribution in [1.29, 1.82) is 0 Å². The summed E-state index contributed by atoms with van der Waals surface area (Å²) in [6, 6.07) is 11.2. The van der Waals surface area contributed by atoms with Gasteiger partial charge in [-0.15, -0.1) is 0 Å². The highest BCUT2D eigenvalue weighted by Crippen LogP contribution is 2.32. The molecule has 1 atom stereocenters. The first-order chi connectivity index (χ1) is 13.7. The Morgan fingerprint density at radius 1 is 1.17 bits per heavy atom. The molecule has 0 saturated carbocycles. The van der Waals surface area contributed by atoms with Crippen LogP contribution in [0.3, 0.4) is 0 Å². The Bertz CT molecular complexity index is 1070. The van der Waals surface area contributed by atoms with Gasteiger partial charge in [-0.1, -0.05) is 12.1 Å². The van der Waals surface area contributed by atoms with Crippen LogP contribution in [-0.4, -0.2) is 20.6 Å². The van der Waals surface area contributed by atoms with Crippen molar-refractivity contribution < 1.29 is 14.5 Å². The number of anilines is 1. The van der Waals surface area contributed by atoms with Gasteiger partial charge in [-0.05, 0) is 51.0 Å². The molecule has 8 heteroatoms. The number of ether oxygens (including phenoxy) is 1. The molecular formula is C21H22N4O4. The smallest absolute Gasteiger partial charge is 0.275 e. The number of benzene rings is 2. The number of hydrogen-bond donors (Lipinski definition) is 1. The maximum Gasteiger partial charge on any atom is 0.275 e. The molecule has 0 fully saturated rings. The van der Waals surface area contributed by atoms with Crippen molar-refractivity contribution in [2.75, 3.05) is 5.32 Å². The molecule has 1 unspecified atom stereocenters. The van der Waals surface area contributed by atoms with Crippen LogP contribution in [0.15, 0.2) is 48.7 Å². The minimum absolute atomic E-state index is 0.175. The fourth-order valence-corrected chi connectivity index (χ4v) is 2.91. The number of amides is 1. The molecule has 3 rings (SSSR count). The van der Waals surface area contributed by atoms with Crippen molar-refractivity contribution >= 4 is 17.3 Å². The fraction of sp³-hybridized carbons (Fsp3) is 0.238. The predicted molar refractivity (Wildman–Crippen MR) is 109 cm³/mol. The van der Waals surface area contributed by atoms with Gasteiger partial charge in [0.05, 0.1) is 16.7 Å². The van der Waals surface area contributed by atoms with Crippen LogP contribution < -0.4 is 10.1 Å². The van der Waals surface area contributed by atoms with Gasteiger partial charge in [-0.3, -0.25) is 19.6 Å². The summed E-state index contributed by atoms with van der Waals surface area (Å²) in [4.78, 5) is 23.5. The highest BCUT2D eigenvalue weighted by atomic mass is 16.6. The molecule has 8 nitrogen and oxygen atoms in total. The summed E-state index contributed by atoms with van der Waals surface area (Å²) >= 11 is 0. The number of carbonyl (C=O) groups excluding carboxylic acids is 1. The van der Waals surface area contributed by atoms with Crippen LogP contribution in [-0.2, 0) is 4.79 Å². The van der Waals surface area contributed by atoms with E-state index in [9.17, 15) is 14.9 Å². The molecule has 29 heavy (non-hydrogen) atoms. The molecule has 150 valence electrons. The standard InChI is InChI=1S/C21H22N4O4/c1-13-5-6-14(2)20(9-13)29-19-11-17(10-18(12-19)25(27)28)23-21(26)16(4)24-15(3)7-8-22-24/h5-12,16H,1-4H3,(H,23,26). The number of carbonyl (C=O) groups is 1. The Kier molecular flexibility index (Phi) is 5.63. The summed E-state index contributed by atoms with van der Waals surface area (Å²) in [6.07, 6.45) is 1.61. The quantitative estimate of drug-likeness (QED) is 0.482. The maximum atomic E-state index is 12.6. The lowest BCUT2D eigenvalue weighted by Crippen LogP contribution is -2.25. The summed E-state index contributed by atoms with van der Waals surface area (Å²) in [7, 11) is 0. The van der Waals surface area contributed by atoms with Crippen LogP contribution in [0.5, 0.6) is 11.5 Å². The van der Waals surface area contributed by atoms with Crippen LogP contribution in [0.4, 0.5) is 11.4 Å². The second kappa shape index (κ2) is 8.14. The van der Waals surface area contributed by atoms with Crippen LogP contribution in [0.1, 0.15) is 29.8 Å². The molecule has 0 spiro atoms. The third kappa shape index (κ3) is 4.60. The van der Waals surface area contributed by atoms with Crippen LogP contribution in [0.25, 0.3) is 0 Å². The summed E-state index contributed by atoms with van der Waals surface area (Å²) in [5.74, 6) is 0.532. The molecule has 3 aromatic rings. The van der Waals surface area contributed by atoms with Gasteiger partial charge in [0, 0.05) is 24.0 Å². The molecule has 0 bridgehead atoms. The first-order valence-corrected chi connectivity index (χ1v) is 9.10. The van der Waals surface area contributed by atoms with Crippen molar-refractivity contribution in [3.05, 3.63) is 75.6 Å². The van der Waals surface area contributed by atoms with Gasteiger partial charge in [0.15, 0.2) is 0 Å². The van der Waals surface area contributed by atoms with Gasteiger partial charge in [0.1, 0.15) is 17.5 Å². The summed E-state index contributed by atoms with van der Waals surface area (Å²) in [5.41, 5.74) is 2.85. The molecule has 1 amide bonds. The zero-order valence-electron chi connectivity index (χ0n) is 16.7. The second-order valence-electron chi connectivity index (χ2n) is 6.93. The number of nitro benzene ring substituents is 1. The van der Waals surface area contributed by atoms with Gasteiger partial charge in [-0.25, -0.2) is 0 Å². The molecule has 0 saturated heterocycles. The van der Waals surface area contributed by atoms with Gasteiger partial charge in [0.25, 0.3) is 5.69 Å². The number of hydrogen-bond acceptors (Lipinski definition) is 5. The number of non-ortho nitro benzene ring substituents is 1. The molecule has 0 aliphatic rings. The molecule has 0 aliphatic carbocycles. The number of rotatable bonds is 6. The SMILES string of the molecule is Cc1ccc(C)c(Oc2cc(NC(=O)C(C)n3nccc3C)cc([N+](=O)[O-])c2)c1. The van der Waals surface area contributed by atoms with Crippen LogP contribution in [0, 0.1) is 30.9 Å². The van der Waals surface area contributed by atoms with E-state index in [1.807, 2.05) is 39.0 Å². The van der Waals surface area contributed by atoms with Crippen molar-refractivity contribution in [2.24, 2.45) is 0 Å². The van der Waals surface area contributed by atoms with E-state index in [0.29, 0.717) is 5.75 Å². The first-order valence-electron chi connectivity index (χ1n) is 9.10. The van der Waals surface area contributed by atoms with Crippen LogP contribution in [0.2, 0.25) is 0 Å². The minimum atomic E-state index is -0.576. The van der Waals surface area contributed by atoms with Crippen molar-refractivity contribution in [2.45, 2.75) is 33.7 Å². The predicted octanol–water partition coefficient (Wildman–Crippen LogP) is 4.71. The Morgan fingerprint density at radius 2 is 1.93 bits per heavy atom. The Morgan fingerprint density at radius 3 is 2.59 bits per heavy atom. The average Bonchev–Trinajstić information content (AvgIpc) is 3.09. The van der Waals surface area contributed by atoms with E-state index in [0.717, 1.165) is 16.8 Å². The second-order valence-corrected chi connectivity index (χ2v) is 6.93. The van der Waals surface area contributed by atoms with Crippen molar-refractivity contribution in [3.8, 4) is 11.5 Å². The maximum absolute atomic E-state index is 12.6. The largest absolute Gasteiger partial charge is 0.457 e. The molecule has 1 heterocycles. The van der Waals surface area contributed by atoms with E-state index in [-0.39, 0.29) is 23.0 Å². The monoisotopic (exact) mass is 394 g/mol. The Balaban J connectivity index is 1.88. The third-order valence-corrected chi connectivity index (χ3v) is 4.56. The Hall–Kier alpha value is -3.68. The van der Waals surface area contributed by atoms with Gasteiger partial charge < -0.3 is 10.1 Å². The molecular weight excluding hydrogens is 372 g/mol. The molecule has 2 aromatic carbocycles. The van der Waals surface area contributed by atoms with E-state index < -0.39 is 11.0 Å². The Labute approximate surface area is 168 Å². The van der Waals surface area contributed by atoms with Crippen molar-refractivity contribution in [1.82, 2.24) is 9.78 Å². The minimum Gasteiger partial charge on any atom is -0.457 e. The van der Waals surface area contributed by atoms with Crippen LogP contribution >= 0.6 is 0 Å². The highest BCUT2D eigenvalue weighted by Gasteiger charge is 2.19. The number of nitrogens with zero attached hydrogens (tertiary/aromatic N) is 3. The van der Waals surface area contributed by atoms with E-state index in [1.54, 1.807) is 29.9 Å². The van der Waals surface area contributed by atoms with Gasteiger partial charge in [0.2, 0.25) is 5.91 Å². The number of nitro groups is 1. The summed E-state index contributed by atoms with van der Waals surface area (Å²) in [5, 5.41) is 18.2. The zero-order chi connectivity index (χ0) is 21.1. The topological polar surface area (TPSA) is 99.3 Å². The van der Waals surface area contributed by atoms with E-state index in [1.165, 1.54) is 12.1 Å². The van der Waals surface area contributed by atoms with Gasteiger partial charge in [-0.2, -0.15) is 5.10 Å². The molecule has 0 aliphatic heterocycles. The fourth-order valence-electron chi connectivity index (χ4n) is 2.91. The van der Waals surface area contributed by atoms with E-state index in [2.05, 4.69) is 10.4 Å². The summed E-state index contributed by atoms with van der Waals surface area (Å²) in [6.45, 7) is 7.38. The number of nitrogens with one attached hydrogen (secondary N) is 1. The lowest BCUT2D eigenvalue weighted by atomic mass is 10.1.